The molecule has 0 radical (unpaired) electrons. The van der Waals surface area contributed by atoms with Crippen LogP contribution < -0.4 is 53.6 Å². The first-order valence-corrected chi connectivity index (χ1v) is 24.7. The minimum absolute atomic E-state index is 0.167. The number of carboxylic acids is 10. The second-order valence-corrected chi connectivity index (χ2v) is 18.4. The minimum Gasteiger partial charge on any atom is -0.481 e. The number of H-pyrrole nitrogens is 1. The van der Waals surface area contributed by atoms with E-state index in [1.54, 1.807) is 61.5 Å². The standard InChI is InChI=1S/C47H57N11O29/c48-18(5-16-15-49-19-4-2-1-3-17(16)19)38(77)50-20(6-29(59)60)39(78)51-21(7-30(61)62)40(79)52-22(8-31(63)64)41(80)53-23(9-32(65)66)42(81)54-24(10-33(67)68)43(82)55-25(11-34(69)70)44(83)56-26(12-35(71)72)45(84)57-27(13-36(73)74)46(85)58-28(47(86)87)14-37(75)76/h1-4,15,18,20-28,49H,5-14,48H2,(H,50,77)(H,51,78)(H,52,79)(H,53,80)(H,54,81)(H,55,82)(H,56,83)(H,57,84)(H,58,85)(H,59,60)(H,61,62)(H,63,64)(H,65,66)(H,67,68)(H,69,70)(H,71,72)(H,73,74)(H,75,76)(H,86,87)/t18-,20-,21-,22-,23-,24-,25-,26-,27-,28-/m0/s1. The third-order valence-electron chi connectivity index (χ3n) is 11.5. The molecule has 1 aromatic heterocycles. The van der Waals surface area contributed by atoms with Crippen LogP contribution in [-0.4, -0.2) is 229 Å². The molecule has 0 aliphatic carbocycles. The van der Waals surface area contributed by atoms with Crippen molar-refractivity contribution in [3.8, 4) is 0 Å². The fraction of sp³-hybridized carbons (Fsp3) is 0.426. The Morgan fingerprint density at radius 2 is 0.529 bits per heavy atom. The summed E-state index contributed by atoms with van der Waals surface area (Å²) in [6, 6.07) is -16.2. The molecule has 87 heavy (non-hydrogen) atoms. The summed E-state index contributed by atoms with van der Waals surface area (Å²) in [5.41, 5.74) is 7.24. The Morgan fingerprint density at radius 1 is 0.322 bits per heavy atom. The normalized spacial score (nSPS) is 14.2. The highest BCUT2D eigenvalue weighted by molar-refractivity contribution is 6.02. The lowest BCUT2D eigenvalue weighted by atomic mass is 10.0. The van der Waals surface area contributed by atoms with E-state index in [-0.39, 0.29) is 6.42 Å². The van der Waals surface area contributed by atoms with Crippen LogP contribution in [0, 0.1) is 0 Å². The first kappa shape index (κ1) is 71.8. The Balaban J connectivity index is 2.41. The van der Waals surface area contributed by atoms with Gasteiger partial charge in [0.2, 0.25) is 53.2 Å². The van der Waals surface area contributed by atoms with E-state index < -0.39 is 231 Å². The Morgan fingerprint density at radius 3 is 0.759 bits per heavy atom. The highest BCUT2D eigenvalue weighted by Gasteiger charge is 2.39. The van der Waals surface area contributed by atoms with Gasteiger partial charge in [0.25, 0.3) is 0 Å². The fourth-order valence-corrected chi connectivity index (χ4v) is 7.53. The van der Waals surface area contributed by atoms with E-state index in [1.165, 1.54) is 6.20 Å². The third kappa shape index (κ3) is 25.4. The molecule has 0 unspecified atom stereocenters. The number of amides is 9. The van der Waals surface area contributed by atoms with Crippen LogP contribution in [0.4, 0.5) is 0 Å². The van der Waals surface area contributed by atoms with Crippen LogP contribution in [0.3, 0.4) is 0 Å². The number of rotatable bonds is 39. The van der Waals surface area contributed by atoms with Crippen molar-refractivity contribution >= 4 is 124 Å². The highest BCUT2D eigenvalue weighted by Crippen LogP contribution is 2.19. The van der Waals surface area contributed by atoms with Gasteiger partial charge in [-0.3, -0.25) is 86.3 Å². The van der Waals surface area contributed by atoms with E-state index in [0.717, 1.165) is 0 Å². The summed E-state index contributed by atoms with van der Waals surface area (Å²) in [7, 11) is 0. The summed E-state index contributed by atoms with van der Waals surface area (Å²) in [5, 5.41) is 111. The molecule has 0 saturated carbocycles. The molecule has 0 fully saturated rings. The number of fused-ring (bicyclic) bond motifs is 1. The van der Waals surface area contributed by atoms with Crippen LogP contribution in [0.2, 0.25) is 0 Å². The average Bonchev–Trinajstić information content (AvgIpc) is 2.16. The zero-order valence-electron chi connectivity index (χ0n) is 44.5. The number of hydrogen-bond acceptors (Lipinski definition) is 20. The predicted molar refractivity (Wildman–Crippen MR) is 275 cm³/mol. The summed E-state index contributed by atoms with van der Waals surface area (Å²) >= 11 is 0. The molecular weight excluding hydrogens is 1180 g/mol. The molecule has 1 heterocycles. The lowest BCUT2D eigenvalue weighted by Gasteiger charge is -2.27. The number of para-hydroxylation sites is 1. The number of carboxylic acid groups (broad SMARTS) is 10. The molecule has 474 valence electrons. The lowest BCUT2D eigenvalue weighted by Crippen LogP contribution is -2.61. The van der Waals surface area contributed by atoms with E-state index in [2.05, 4.69) is 10.3 Å². The second-order valence-electron chi connectivity index (χ2n) is 18.4. The molecule has 2 rings (SSSR count). The maximum absolute atomic E-state index is 13.6. The maximum Gasteiger partial charge on any atom is 0.326 e. The van der Waals surface area contributed by atoms with Gasteiger partial charge in [0.05, 0.1) is 63.8 Å². The van der Waals surface area contributed by atoms with Gasteiger partial charge >= 0.3 is 59.7 Å². The van der Waals surface area contributed by atoms with Crippen LogP contribution in [0.15, 0.2) is 30.5 Å². The van der Waals surface area contributed by atoms with Crippen molar-refractivity contribution < 1.29 is 142 Å². The summed E-state index contributed by atoms with van der Waals surface area (Å²) < 4.78 is 0. The molecular formula is C47H57N11O29. The van der Waals surface area contributed by atoms with Gasteiger partial charge in [0.1, 0.15) is 54.4 Å². The first-order chi connectivity index (χ1) is 40.5. The largest absolute Gasteiger partial charge is 0.481 e. The summed E-state index contributed by atoms with van der Waals surface area (Å²) in [4.78, 5) is 241. The summed E-state index contributed by atoms with van der Waals surface area (Å²) in [6.07, 6.45) is -11.5. The topological polar surface area (TPSA) is 677 Å². The first-order valence-electron chi connectivity index (χ1n) is 24.7. The van der Waals surface area contributed by atoms with E-state index >= 15 is 0 Å². The third-order valence-corrected chi connectivity index (χ3v) is 11.5. The number of carbonyl (C=O) groups excluding carboxylic acids is 9. The summed E-state index contributed by atoms with van der Waals surface area (Å²) in [5.74, 6) is -34.1. The van der Waals surface area contributed by atoms with E-state index in [9.17, 15) is 137 Å². The van der Waals surface area contributed by atoms with Gasteiger partial charge in [-0.25, -0.2) is 4.79 Å². The van der Waals surface area contributed by atoms with Gasteiger partial charge in [0.15, 0.2) is 0 Å². The van der Waals surface area contributed by atoms with Crippen molar-refractivity contribution in [2.45, 2.75) is 125 Å². The van der Waals surface area contributed by atoms with Crippen LogP contribution in [0.25, 0.3) is 10.9 Å². The average molecular weight is 1240 g/mol. The van der Waals surface area contributed by atoms with Gasteiger partial charge in [-0.2, -0.15) is 0 Å². The lowest BCUT2D eigenvalue weighted by molar-refractivity contribution is -0.148. The van der Waals surface area contributed by atoms with E-state index in [4.69, 9.17) is 10.8 Å². The molecule has 0 aliphatic rings. The molecule has 40 heteroatoms. The van der Waals surface area contributed by atoms with Gasteiger partial charge in [-0.15, -0.1) is 0 Å². The molecule has 0 aliphatic heterocycles. The van der Waals surface area contributed by atoms with Crippen molar-refractivity contribution in [1.29, 1.82) is 0 Å². The Bertz CT molecular complexity index is 3050. The molecule has 0 spiro atoms. The Hall–Kier alpha value is -11.3. The molecule has 10 atom stereocenters. The minimum atomic E-state index is -2.55. The van der Waals surface area contributed by atoms with Gasteiger partial charge in [0, 0.05) is 17.1 Å². The van der Waals surface area contributed by atoms with Gasteiger partial charge in [-0.1, -0.05) is 18.2 Å². The smallest absolute Gasteiger partial charge is 0.326 e. The number of nitrogens with one attached hydrogen (secondary N) is 10. The van der Waals surface area contributed by atoms with Gasteiger partial charge in [-0.05, 0) is 18.1 Å². The number of nitrogens with two attached hydrogens (primary N) is 1. The molecule has 1 aromatic carbocycles. The number of aromatic amines is 1. The van der Waals surface area contributed by atoms with Crippen molar-refractivity contribution in [3.05, 3.63) is 36.0 Å². The van der Waals surface area contributed by atoms with Crippen LogP contribution in [0.5, 0.6) is 0 Å². The monoisotopic (exact) mass is 1240 g/mol. The zero-order chi connectivity index (χ0) is 66.2. The van der Waals surface area contributed by atoms with Crippen LogP contribution in [0.1, 0.15) is 63.4 Å². The number of carbonyl (C=O) groups is 19. The number of benzene rings is 1. The van der Waals surface area contributed by atoms with Crippen molar-refractivity contribution in [2.75, 3.05) is 0 Å². The second kappa shape index (κ2) is 33.7. The van der Waals surface area contributed by atoms with Gasteiger partial charge < -0.3 is 110 Å². The number of aliphatic carboxylic acids is 10. The molecule has 0 saturated heterocycles. The Kier molecular flexibility index (Phi) is 27.8. The summed E-state index contributed by atoms with van der Waals surface area (Å²) in [6.45, 7) is 0. The molecule has 2 aromatic rings. The van der Waals surface area contributed by atoms with Crippen molar-refractivity contribution in [2.24, 2.45) is 5.73 Å². The fourth-order valence-electron chi connectivity index (χ4n) is 7.53. The maximum atomic E-state index is 13.6. The Labute approximate surface area is 484 Å². The van der Waals surface area contributed by atoms with E-state index in [1.807, 2.05) is 5.32 Å². The predicted octanol–water partition coefficient (Wildman–Crippen LogP) is -8.24. The SMILES string of the molecule is N[C@@H](Cc1c[nH]c2ccccc12)C(=O)N[C@@H](CC(=O)O)C(=O)N[C@@H](CC(=O)O)C(=O)N[C@@H](CC(=O)O)C(=O)N[C@@H](CC(=O)O)C(=O)N[C@@H](CC(=O)O)C(=O)N[C@@H](CC(=O)O)C(=O)N[C@@H](CC(=O)O)C(=O)N[C@@H](CC(=O)O)C(=O)N[C@@H](CC(=O)O)C(=O)O. The number of hydrogen-bond donors (Lipinski definition) is 21. The van der Waals surface area contributed by atoms with E-state index in [0.29, 0.717) is 16.5 Å². The van der Waals surface area contributed by atoms with Crippen molar-refractivity contribution in [1.82, 2.24) is 52.8 Å². The molecule has 40 nitrogen and oxygen atoms in total. The molecule has 0 bridgehead atoms. The van der Waals surface area contributed by atoms with Crippen LogP contribution in [-0.2, 0) is 97.5 Å². The number of aromatic nitrogens is 1. The van der Waals surface area contributed by atoms with Crippen molar-refractivity contribution in [3.63, 3.8) is 0 Å². The highest BCUT2D eigenvalue weighted by atomic mass is 16.4. The zero-order valence-corrected chi connectivity index (χ0v) is 44.5. The quantitative estimate of drug-likeness (QED) is 0.0296. The molecule has 22 N–H and O–H groups in total. The molecule has 9 amide bonds. The van der Waals surface area contributed by atoms with Crippen LogP contribution >= 0.6 is 0 Å².